The molecular weight excluding hydrogens is 469 g/mol. The van der Waals surface area contributed by atoms with Gasteiger partial charge in [-0.1, -0.05) is 6.07 Å². The molecule has 0 amide bonds. The van der Waals surface area contributed by atoms with Gasteiger partial charge in [-0.05, 0) is 12.1 Å². The van der Waals surface area contributed by atoms with Crippen molar-refractivity contribution in [2.45, 2.75) is 12.5 Å². The van der Waals surface area contributed by atoms with Gasteiger partial charge in [0, 0.05) is 0 Å². The molecule has 1 atom stereocenters. The van der Waals surface area contributed by atoms with Crippen molar-refractivity contribution in [3.05, 3.63) is 87.8 Å². The summed E-state index contributed by atoms with van der Waals surface area (Å²) in [5.74, 6) is -1.72. The van der Waals surface area contributed by atoms with E-state index in [-0.39, 0.29) is 41.4 Å². The Labute approximate surface area is 207 Å². The van der Waals surface area contributed by atoms with E-state index in [0.717, 1.165) is 12.1 Å². The van der Waals surface area contributed by atoms with Crippen molar-refractivity contribution in [2.24, 2.45) is 5.18 Å². The van der Waals surface area contributed by atoms with E-state index in [1.54, 1.807) is 25.1 Å². The molecule has 0 aliphatic carbocycles. The van der Waals surface area contributed by atoms with Gasteiger partial charge in [0.2, 0.25) is 0 Å². The molecule has 0 saturated heterocycles. The van der Waals surface area contributed by atoms with Crippen molar-refractivity contribution in [2.75, 3.05) is 31.3 Å². The van der Waals surface area contributed by atoms with E-state index in [0.29, 0.717) is 16.8 Å². The Morgan fingerprint density at radius 3 is 2.42 bits per heavy atom. The van der Waals surface area contributed by atoms with Gasteiger partial charge in [0.25, 0.3) is 0 Å². The number of methoxy groups -OCH3 is 1. The van der Waals surface area contributed by atoms with Crippen molar-refractivity contribution in [1.29, 1.82) is 0 Å². The molecule has 8 nitrogen and oxygen atoms in total. The maximum absolute atomic E-state index is 14.0. The van der Waals surface area contributed by atoms with Gasteiger partial charge in [-0.2, -0.15) is 0 Å². The molecule has 186 valence electrons. The average molecular weight is 494 g/mol. The molecule has 11 heteroatoms. The summed E-state index contributed by atoms with van der Waals surface area (Å²) in [4.78, 5) is 24.1. The van der Waals surface area contributed by atoms with Crippen LogP contribution in [0.25, 0.3) is 0 Å². The molecule has 0 aliphatic heterocycles. The summed E-state index contributed by atoms with van der Waals surface area (Å²) in [5.41, 5.74) is 6.32. The molecular formula is C25H25BF2N4O4. The van der Waals surface area contributed by atoms with Crippen molar-refractivity contribution < 1.29 is 23.4 Å². The predicted molar refractivity (Wildman–Crippen MR) is 137 cm³/mol. The number of ether oxygens (including phenoxy) is 1. The molecule has 0 aromatic heterocycles. The van der Waals surface area contributed by atoms with Crippen molar-refractivity contribution in [1.82, 2.24) is 5.32 Å². The van der Waals surface area contributed by atoms with E-state index in [9.17, 15) is 23.6 Å². The number of hydrogen-bond donors (Lipinski definition) is 4. The minimum absolute atomic E-state index is 0.0797. The molecule has 0 bridgehead atoms. The van der Waals surface area contributed by atoms with Gasteiger partial charge in [-0.25, -0.2) is 8.78 Å². The molecule has 0 heterocycles. The van der Waals surface area contributed by atoms with Crippen LogP contribution in [0.3, 0.4) is 0 Å². The molecule has 0 spiro atoms. The third-order valence-corrected chi connectivity index (χ3v) is 5.54. The SMILES string of the molecule is B=C(NC(C)(CO)CN=O)c1ccc(OC)c(C(=O)c2ccc(Nc3c(F)cccc3F)cc2N)c1. The molecule has 5 N–H and O–H groups in total. The first-order valence-corrected chi connectivity index (χ1v) is 10.8. The molecule has 3 aromatic carbocycles. The number of carbonyl (C=O) groups is 1. The predicted octanol–water partition coefficient (Wildman–Crippen LogP) is 3.02. The van der Waals surface area contributed by atoms with Gasteiger partial charge in [0.15, 0.2) is 0 Å². The Morgan fingerprint density at radius 1 is 1.14 bits per heavy atom. The number of benzene rings is 3. The minimum atomic E-state index is -1.03. The van der Waals surface area contributed by atoms with Crippen LogP contribution in [0.1, 0.15) is 28.4 Å². The van der Waals surface area contributed by atoms with Gasteiger partial charge >= 0.3 is 180 Å². The molecule has 0 saturated carbocycles. The normalized spacial score (nSPS) is 12.3. The van der Waals surface area contributed by atoms with Crippen LogP contribution in [0.15, 0.2) is 59.8 Å². The second kappa shape index (κ2) is 11.1. The van der Waals surface area contributed by atoms with Crippen molar-refractivity contribution >= 4 is 35.9 Å². The first-order valence-electron chi connectivity index (χ1n) is 10.8. The van der Waals surface area contributed by atoms with Gasteiger partial charge in [0.05, 0.1) is 0 Å². The average Bonchev–Trinajstić information content (AvgIpc) is 2.85. The monoisotopic (exact) mass is 494 g/mol. The zero-order valence-corrected chi connectivity index (χ0v) is 19.8. The van der Waals surface area contributed by atoms with Crippen LogP contribution >= 0.6 is 0 Å². The van der Waals surface area contributed by atoms with Crippen LogP contribution in [-0.2, 0) is 0 Å². The summed E-state index contributed by atoms with van der Waals surface area (Å²) in [6, 6.07) is 12.6. The molecule has 1 unspecified atom stereocenters. The maximum atomic E-state index is 14.0. The zero-order chi connectivity index (χ0) is 26.5. The fourth-order valence-electron chi connectivity index (χ4n) is 3.54. The number of halogens is 2. The molecule has 0 radical (unpaired) electrons. The number of nitrogen functional groups attached to an aromatic ring is 1. The Morgan fingerprint density at radius 2 is 1.83 bits per heavy atom. The van der Waals surface area contributed by atoms with E-state index in [1.165, 1.54) is 31.4 Å². The number of nitrogens with zero attached hydrogens (tertiary/aromatic N) is 1. The first kappa shape index (κ1) is 26.5. The van der Waals surface area contributed by atoms with Crippen LogP contribution in [0.2, 0.25) is 0 Å². The van der Waals surface area contributed by atoms with Gasteiger partial charge in [-0.15, -0.1) is 0 Å². The molecule has 3 rings (SSSR count). The van der Waals surface area contributed by atoms with Crippen LogP contribution in [0.5, 0.6) is 5.75 Å². The van der Waals surface area contributed by atoms with Crippen molar-refractivity contribution in [3.63, 3.8) is 0 Å². The van der Waals surface area contributed by atoms with Crippen LogP contribution in [0, 0.1) is 16.5 Å². The number of hydrogen-bond acceptors (Lipinski definition) is 8. The Hall–Kier alpha value is -4.12. The number of para-hydroxylation sites is 1. The number of carbonyl (C=O) groups excluding carboxylic acids is 1. The molecule has 36 heavy (non-hydrogen) atoms. The van der Waals surface area contributed by atoms with E-state index in [2.05, 4.69) is 23.3 Å². The summed E-state index contributed by atoms with van der Waals surface area (Å²) in [6.45, 7) is 1.05. The first-order chi connectivity index (χ1) is 17.1. The summed E-state index contributed by atoms with van der Waals surface area (Å²) in [6.07, 6.45) is 0. The third-order valence-electron chi connectivity index (χ3n) is 5.54. The second-order valence-corrected chi connectivity index (χ2v) is 8.38. The van der Waals surface area contributed by atoms with Crippen LogP contribution in [0.4, 0.5) is 25.8 Å². The fraction of sp³-hybridized carbons (Fsp3) is 0.200. The topological polar surface area (TPSA) is 126 Å². The van der Waals surface area contributed by atoms with Gasteiger partial charge < -0.3 is 0 Å². The Kier molecular flexibility index (Phi) is 8.16. The molecule has 0 fully saturated rings. The number of rotatable bonds is 11. The standard InChI is InChI=1S/C25H25BF2N4O4/c1-25(13-33,12-30-35)32-24(26)14-6-9-21(36-2)17(10-14)23(34)16-8-7-15(11-20(16)29)31-22-18(27)4-3-5-19(22)28/h3-11,26,31-33H,12-13,29H2,1-2H3. The molecule has 3 aromatic rings. The number of aliphatic hydroxyl groups excluding tert-OH is 1. The number of anilines is 3. The Bertz CT molecular complexity index is 1300. The van der Waals surface area contributed by atoms with E-state index in [4.69, 9.17) is 10.5 Å². The second-order valence-electron chi connectivity index (χ2n) is 8.38. The number of ketones is 1. The van der Waals surface area contributed by atoms with E-state index in [1.807, 2.05) is 0 Å². The summed E-state index contributed by atoms with van der Waals surface area (Å²) < 4.78 is 33.3. The van der Waals surface area contributed by atoms with Crippen molar-refractivity contribution in [3.8, 4) is 5.75 Å². The summed E-state index contributed by atoms with van der Waals surface area (Å²) in [7, 11) is 5.35. The summed E-state index contributed by atoms with van der Waals surface area (Å²) in [5, 5.41) is 18.1. The fourth-order valence-corrected chi connectivity index (χ4v) is 3.54. The van der Waals surface area contributed by atoms with E-state index >= 15 is 0 Å². The van der Waals surface area contributed by atoms with Gasteiger partial charge in [0.1, 0.15) is 0 Å². The van der Waals surface area contributed by atoms with Crippen LogP contribution in [-0.4, -0.2) is 49.8 Å². The number of nitroso groups, excluding NO2 is 1. The zero-order valence-electron chi connectivity index (χ0n) is 19.8. The Balaban J connectivity index is 1.91. The molecule has 0 aliphatic rings. The van der Waals surface area contributed by atoms with Crippen LogP contribution < -0.4 is 21.1 Å². The summed E-state index contributed by atoms with van der Waals surface area (Å²) >= 11 is 0. The number of aliphatic hydroxyl groups is 1. The third kappa shape index (κ3) is 5.74. The van der Waals surface area contributed by atoms with Gasteiger partial charge in [-0.3, -0.25) is 0 Å². The number of nitrogens with two attached hydrogens (primary N) is 1. The van der Waals surface area contributed by atoms with E-state index < -0.39 is 23.0 Å². The quantitative estimate of drug-likeness (QED) is 0.140. The number of nitrogens with one attached hydrogen (secondary N) is 2.